The number of fused-ring (bicyclic) bond motifs is 2. The number of pyridine rings is 2. The Labute approximate surface area is 111 Å². The van der Waals surface area contributed by atoms with Crippen LogP contribution < -0.4 is 15.2 Å². The maximum atomic E-state index is 11.6. The Morgan fingerprint density at radius 2 is 2.26 bits per heavy atom. The van der Waals surface area contributed by atoms with Crippen LogP contribution in [-0.4, -0.2) is 30.7 Å². The molecule has 0 bridgehead atoms. The third kappa shape index (κ3) is 1.85. The summed E-state index contributed by atoms with van der Waals surface area (Å²) in [5.74, 6) is 2.00. The number of ether oxygens (including phenoxy) is 1. The van der Waals surface area contributed by atoms with E-state index in [1.807, 2.05) is 7.05 Å². The van der Waals surface area contributed by atoms with Crippen LogP contribution in [0.3, 0.4) is 0 Å². The largest absolute Gasteiger partial charge is 0.496 e. The molecule has 2 aromatic rings. The molecule has 0 aliphatic carbocycles. The van der Waals surface area contributed by atoms with Crippen molar-refractivity contribution in [3.05, 3.63) is 28.0 Å². The van der Waals surface area contributed by atoms with Crippen LogP contribution in [0.25, 0.3) is 11.0 Å². The third-order valence-corrected chi connectivity index (χ3v) is 3.81. The maximum Gasteiger partial charge on any atom is 0.253 e. The Kier molecular flexibility index (Phi) is 2.69. The first-order valence-electron chi connectivity index (χ1n) is 6.43. The predicted molar refractivity (Wildman–Crippen MR) is 75.2 cm³/mol. The monoisotopic (exact) mass is 259 g/mol. The summed E-state index contributed by atoms with van der Waals surface area (Å²) in [5.41, 5.74) is 1.61. The SMILES string of the molecule is COc1cc(=O)[nH]c2nc3c(cc12)C(C)CCN3C. The molecule has 0 radical (unpaired) electrons. The van der Waals surface area contributed by atoms with Gasteiger partial charge in [0.25, 0.3) is 5.56 Å². The van der Waals surface area contributed by atoms with E-state index in [-0.39, 0.29) is 5.56 Å². The maximum absolute atomic E-state index is 11.6. The van der Waals surface area contributed by atoms with Crippen molar-refractivity contribution in [1.82, 2.24) is 9.97 Å². The van der Waals surface area contributed by atoms with E-state index in [1.165, 1.54) is 11.6 Å². The lowest BCUT2D eigenvalue weighted by Crippen LogP contribution is -2.27. The van der Waals surface area contributed by atoms with Crippen molar-refractivity contribution in [1.29, 1.82) is 0 Å². The molecule has 0 aromatic carbocycles. The molecule has 0 saturated carbocycles. The van der Waals surface area contributed by atoms with Crippen LogP contribution >= 0.6 is 0 Å². The number of H-pyrrole nitrogens is 1. The van der Waals surface area contributed by atoms with Gasteiger partial charge in [0.05, 0.1) is 12.5 Å². The zero-order valence-corrected chi connectivity index (χ0v) is 11.4. The number of hydrogen-bond acceptors (Lipinski definition) is 4. The van der Waals surface area contributed by atoms with Crippen molar-refractivity contribution in [2.45, 2.75) is 19.3 Å². The molecule has 0 amide bonds. The first-order chi connectivity index (χ1) is 9.10. The standard InChI is InChI=1S/C14H17N3O2/c1-8-4-5-17(2)14-9(8)6-10-11(19-3)7-12(18)15-13(10)16-14/h6-8H,4-5H2,1-3H3,(H,15,16,18). The van der Waals surface area contributed by atoms with Gasteiger partial charge in [-0.3, -0.25) is 4.79 Å². The molecular weight excluding hydrogens is 242 g/mol. The van der Waals surface area contributed by atoms with Gasteiger partial charge < -0.3 is 14.6 Å². The smallest absolute Gasteiger partial charge is 0.253 e. The molecule has 1 N–H and O–H groups in total. The van der Waals surface area contributed by atoms with Gasteiger partial charge in [-0.15, -0.1) is 0 Å². The molecule has 0 spiro atoms. The van der Waals surface area contributed by atoms with Gasteiger partial charge in [-0.1, -0.05) is 6.92 Å². The zero-order valence-electron chi connectivity index (χ0n) is 11.4. The van der Waals surface area contributed by atoms with Gasteiger partial charge in [-0.25, -0.2) is 4.98 Å². The zero-order chi connectivity index (χ0) is 13.6. The summed E-state index contributed by atoms with van der Waals surface area (Å²) in [4.78, 5) is 21.1. The fourth-order valence-corrected chi connectivity index (χ4v) is 2.64. The molecule has 5 heteroatoms. The molecule has 2 aromatic heterocycles. The lowest BCUT2D eigenvalue weighted by atomic mass is 9.93. The summed E-state index contributed by atoms with van der Waals surface area (Å²) in [6, 6.07) is 3.56. The summed E-state index contributed by atoms with van der Waals surface area (Å²) in [5, 5.41) is 0.864. The Hall–Kier alpha value is -2.04. The third-order valence-electron chi connectivity index (χ3n) is 3.81. The van der Waals surface area contributed by atoms with Crippen molar-refractivity contribution in [2.75, 3.05) is 25.6 Å². The van der Waals surface area contributed by atoms with Crippen molar-refractivity contribution < 1.29 is 4.74 Å². The van der Waals surface area contributed by atoms with Crippen LogP contribution in [-0.2, 0) is 0 Å². The molecule has 0 saturated heterocycles. The number of aromatic nitrogens is 2. The highest BCUT2D eigenvalue weighted by molar-refractivity contribution is 5.85. The van der Waals surface area contributed by atoms with Gasteiger partial charge in [0, 0.05) is 19.7 Å². The fraction of sp³-hybridized carbons (Fsp3) is 0.429. The van der Waals surface area contributed by atoms with Crippen LogP contribution in [0.5, 0.6) is 5.75 Å². The highest BCUT2D eigenvalue weighted by Gasteiger charge is 2.23. The van der Waals surface area contributed by atoms with Crippen LogP contribution in [0.15, 0.2) is 16.9 Å². The van der Waals surface area contributed by atoms with Crippen molar-refractivity contribution in [2.24, 2.45) is 0 Å². The van der Waals surface area contributed by atoms with E-state index < -0.39 is 0 Å². The van der Waals surface area contributed by atoms with Crippen molar-refractivity contribution >= 4 is 16.9 Å². The summed E-state index contributed by atoms with van der Waals surface area (Å²) < 4.78 is 5.29. The molecule has 3 heterocycles. The lowest BCUT2D eigenvalue weighted by Gasteiger charge is -2.30. The van der Waals surface area contributed by atoms with E-state index >= 15 is 0 Å². The molecule has 19 heavy (non-hydrogen) atoms. The molecular formula is C14H17N3O2. The molecule has 100 valence electrons. The average molecular weight is 259 g/mol. The number of nitrogens with one attached hydrogen (secondary N) is 1. The summed E-state index contributed by atoms with van der Waals surface area (Å²) in [7, 11) is 3.60. The van der Waals surface area contributed by atoms with E-state index in [1.54, 1.807) is 7.11 Å². The van der Waals surface area contributed by atoms with Gasteiger partial charge in [0.15, 0.2) is 0 Å². The van der Waals surface area contributed by atoms with E-state index in [0.717, 1.165) is 24.2 Å². The van der Waals surface area contributed by atoms with Gasteiger partial charge in [0.1, 0.15) is 17.2 Å². The minimum atomic E-state index is -0.191. The molecule has 3 rings (SSSR count). The van der Waals surface area contributed by atoms with Gasteiger partial charge in [-0.05, 0) is 24.0 Å². The highest BCUT2D eigenvalue weighted by atomic mass is 16.5. The van der Waals surface area contributed by atoms with Gasteiger partial charge in [0.2, 0.25) is 0 Å². The summed E-state index contributed by atoms with van der Waals surface area (Å²) >= 11 is 0. The average Bonchev–Trinajstić information content (AvgIpc) is 2.40. The topological polar surface area (TPSA) is 58.2 Å². The summed E-state index contributed by atoms with van der Waals surface area (Å²) in [6.07, 6.45) is 1.11. The van der Waals surface area contributed by atoms with Crippen LogP contribution in [0, 0.1) is 0 Å². The van der Waals surface area contributed by atoms with Crippen LogP contribution in [0.1, 0.15) is 24.8 Å². The normalized spacial score (nSPS) is 18.5. The highest BCUT2D eigenvalue weighted by Crippen LogP contribution is 2.36. The van der Waals surface area contributed by atoms with E-state index in [2.05, 4.69) is 27.9 Å². The summed E-state index contributed by atoms with van der Waals surface area (Å²) in [6.45, 7) is 3.19. The quantitative estimate of drug-likeness (QED) is 0.849. The number of methoxy groups -OCH3 is 1. The second kappa shape index (κ2) is 4.26. The number of hydrogen-bond donors (Lipinski definition) is 1. The molecule has 1 atom stereocenters. The van der Waals surface area contributed by atoms with Gasteiger partial charge in [-0.2, -0.15) is 0 Å². The number of anilines is 1. The second-order valence-electron chi connectivity index (χ2n) is 5.11. The number of rotatable bonds is 1. The second-order valence-corrected chi connectivity index (χ2v) is 5.11. The minimum absolute atomic E-state index is 0.191. The Bertz CT molecular complexity index is 693. The van der Waals surface area contributed by atoms with Crippen LogP contribution in [0.2, 0.25) is 0 Å². The lowest BCUT2D eigenvalue weighted by molar-refractivity contribution is 0.419. The number of nitrogens with zero attached hydrogens (tertiary/aromatic N) is 2. The first kappa shape index (κ1) is 12.0. The number of aromatic amines is 1. The van der Waals surface area contributed by atoms with E-state index in [0.29, 0.717) is 17.3 Å². The first-order valence-corrected chi connectivity index (χ1v) is 6.43. The Balaban J connectivity index is 2.34. The molecule has 5 nitrogen and oxygen atoms in total. The minimum Gasteiger partial charge on any atom is -0.496 e. The van der Waals surface area contributed by atoms with Crippen molar-refractivity contribution in [3.8, 4) is 5.75 Å². The molecule has 1 aliphatic rings. The Morgan fingerprint density at radius 1 is 1.47 bits per heavy atom. The van der Waals surface area contributed by atoms with E-state index in [9.17, 15) is 4.79 Å². The predicted octanol–water partition coefficient (Wildman–Crippen LogP) is 1.88. The molecule has 0 fully saturated rings. The van der Waals surface area contributed by atoms with Gasteiger partial charge >= 0.3 is 0 Å². The fourth-order valence-electron chi connectivity index (χ4n) is 2.64. The molecule has 1 unspecified atom stereocenters. The molecule has 1 aliphatic heterocycles. The van der Waals surface area contributed by atoms with Crippen molar-refractivity contribution in [3.63, 3.8) is 0 Å². The van der Waals surface area contributed by atoms with E-state index in [4.69, 9.17) is 4.74 Å². The Morgan fingerprint density at radius 3 is 3.00 bits per heavy atom. The van der Waals surface area contributed by atoms with Crippen LogP contribution in [0.4, 0.5) is 5.82 Å².